The van der Waals surface area contributed by atoms with E-state index in [0.717, 1.165) is 37.4 Å². The number of rotatable bonds is 6. The van der Waals surface area contributed by atoms with E-state index in [9.17, 15) is 5.11 Å². The van der Waals surface area contributed by atoms with Crippen LogP contribution in [0.3, 0.4) is 0 Å². The van der Waals surface area contributed by atoms with Crippen LogP contribution in [0.4, 0.5) is 0 Å². The SMILES string of the molecule is CCCN1CCOC(C(O)Cc2ccccc2OC)C1. The van der Waals surface area contributed by atoms with Crippen molar-refractivity contribution in [2.75, 3.05) is 33.4 Å². The van der Waals surface area contributed by atoms with Gasteiger partial charge in [0.05, 0.1) is 25.9 Å². The first-order valence-electron chi connectivity index (χ1n) is 7.38. The minimum atomic E-state index is -0.494. The summed E-state index contributed by atoms with van der Waals surface area (Å²) in [4.78, 5) is 2.36. The Morgan fingerprint density at radius 2 is 2.25 bits per heavy atom. The van der Waals surface area contributed by atoms with Gasteiger partial charge in [0.2, 0.25) is 0 Å². The highest BCUT2D eigenvalue weighted by atomic mass is 16.5. The zero-order chi connectivity index (χ0) is 14.4. The standard InChI is InChI=1S/C16H25NO3/c1-3-8-17-9-10-20-16(12-17)14(18)11-13-6-4-5-7-15(13)19-2/h4-7,14,16,18H,3,8-12H2,1-2H3. The molecule has 1 saturated heterocycles. The molecule has 20 heavy (non-hydrogen) atoms. The van der Waals surface area contributed by atoms with Gasteiger partial charge in [-0.2, -0.15) is 0 Å². The lowest BCUT2D eigenvalue weighted by atomic mass is 10.0. The maximum absolute atomic E-state index is 10.4. The fourth-order valence-corrected chi connectivity index (χ4v) is 2.71. The number of para-hydroxylation sites is 1. The third-order valence-electron chi connectivity index (χ3n) is 3.77. The van der Waals surface area contributed by atoms with E-state index in [4.69, 9.17) is 9.47 Å². The maximum atomic E-state index is 10.4. The molecule has 1 aromatic carbocycles. The average Bonchev–Trinajstić information content (AvgIpc) is 2.48. The van der Waals surface area contributed by atoms with Crippen molar-refractivity contribution in [3.8, 4) is 5.75 Å². The van der Waals surface area contributed by atoms with Gasteiger partial charge in [-0.25, -0.2) is 0 Å². The van der Waals surface area contributed by atoms with Crippen LogP contribution in [-0.2, 0) is 11.2 Å². The molecule has 0 aliphatic carbocycles. The normalized spacial score (nSPS) is 21.6. The minimum absolute atomic E-state index is 0.111. The summed E-state index contributed by atoms with van der Waals surface area (Å²) in [6.45, 7) is 5.72. The predicted octanol–water partition coefficient (Wildman–Crippen LogP) is 1.71. The first-order chi connectivity index (χ1) is 9.74. The average molecular weight is 279 g/mol. The van der Waals surface area contributed by atoms with E-state index < -0.39 is 6.10 Å². The quantitative estimate of drug-likeness (QED) is 0.861. The number of aliphatic hydroxyl groups is 1. The molecule has 0 radical (unpaired) electrons. The van der Waals surface area contributed by atoms with Gasteiger partial charge in [-0.05, 0) is 24.6 Å². The topological polar surface area (TPSA) is 41.9 Å². The van der Waals surface area contributed by atoms with Gasteiger partial charge in [0.1, 0.15) is 5.75 Å². The molecular weight excluding hydrogens is 254 g/mol. The van der Waals surface area contributed by atoms with Gasteiger partial charge >= 0.3 is 0 Å². The molecule has 1 heterocycles. The van der Waals surface area contributed by atoms with E-state index in [1.165, 1.54) is 0 Å². The van der Waals surface area contributed by atoms with E-state index in [1.54, 1.807) is 7.11 Å². The molecule has 0 aromatic heterocycles. The second-order valence-electron chi connectivity index (χ2n) is 5.29. The highest BCUT2D eigenvalue weighted by Gasteiger charge is 2.27. The Morgan fingerprint density at radius 1 is 1.45 bits per heavy atom. The van der Waals surface area contributed by atoms with E-state index in [1.807, 2.05) is 24.3 Å². The Balaban J connectivity index is 1.95. The smallest absolute Gasteiger partial charge is 0.122 e. The molecule has 2 atom stereocenters. The Morgan fingerprint density at radius 3 is 3.00 bits per heavy atom. The zero-order valence-corrected chi connectivity index (χ0v) is 12.4. The molecule has 1 aromatic rings. The fraction of sp³-hybridized carbons (Fsp3) is 0.625. The van der Waals surface area contributed by atoms with Gasteiger partial charge in [-0.3, -0.25) is 4.90 Å². The number of methoxy groups -OCH3 is 1. The van der Waals surface area contributed by atoms with Crippen LogP contribution in [-0.4, -0.2) is 55.6 Å². The van der Waals surface area contributed by atoms with Crippen molar-refractivity contribution in [1.82, 2.24) is 4.90 Å². The summed E-state index contributed by atoms with van der Waals surface area (Å²) in [6, 6.07) is 7.83. The number of nitrogens with zero attached hydrogens (tertiary/aromatic N) is 1. The number of ether oxygens (including phenoxy) is 2. The monoisotopic (exact) mass is 279 g/mol. The van der Waals surface area contributed by atoms with Crippen LogP contribution in [0.15, 0.2) is 24.3 Å². The van der Waals surface area contributed by atoms with Gasteiger partial charge in [0.15, 0.2) is 0 Å². The first kappa shape index (κ1) is 15.3. The fourth-order valence-electron chi connectivity index (χ4n) is 2.71. The second kappa shape index (κ2) is 7.62. The summed E-state index contributed by atoms with van der Waals surface area (Å²) in [5.74, 6) is 0.827. The molecular formula is C16H25NO3. The number of aliphatic hydroxyl groups excluding tert-OH is 1. The van der Waals surface area contributed by atoms with Crippen molar-refractivity contribution in [2.24, 2.45) is 0 Å². The lowest BCUT2D eigenvalue weighted by Gasteiger charge is -2.35. The summed E-state index contributed by atoms with van der Waals surface area (Å²) in [5, 5.41) is 10.4. The summed E-state index contributed by atoms with van der Waals surface area (Å²) in [7, 11) is 1.66. The van der Waals surface area contributed by atoms with Crippen LogP contribution in [0.2, 0.25) is 0 Å². The molecule has 112 valence electrons. The van der Waals surface area contributed by atoms with Crippen LogP contribution in [0.5, 0.6) is 5.75 Å². The Labute approximate surface area is 121 Å². The summed E-state index contributed by atoms with van der Waals surface area (Å²) in [5.41, 5.74) is 1.03. The van der Waals surface area contributed by atoms with E-state index >= 15 is 0 Å². The molecule has 2 rings (SSSR count). The second-order valence-corrected chi connectivity index (χ2v) is 5.29. The molecule has 4 nitrogen and oxygen atoms in total. The number of benzene rings is 1. The largest absolute Gasteiger partial charge is 0.496 e. The number of hydrogen-bond acceptors (Lipinski definition) is 4. The van der Waals surface area contributed by atoms with Crippen molar-refractivity contribution < 1.29 is 14.6 Å². The third kappa shape index (κ3) is 3.95. The van der Waals surface area contributed by atoms with E-state index in [2.05, 4.69) is 11.8 Å². The van der Waals surface area contributed by atoms with Gasteiger partial charge in [-0.1, -0.05) is 25.1 Å². The first-order valence-corrected chi connectivity index (χ1v) is 7.38. The summed E-state index contributed by atoms with van der Waals surface area (Å²) >= 11 is 0. The van der Waals surface area contributed by atoms with Crippen LogP contribution in [0.25, 0.3) is 0 Å². The molecule has 0 amide bonds. The van der Waals surface area contributed by atoms with E-state index in [0.29, 0.717) is 13.0 Å². The van der Waals surface area contributed by atoms with E-state index in [-0.39, 0.29) is 6.10 Å². The maximum Gasteiger partial charge on any atom is 0.122 e. The lowest BCUT2D eigenvalue weighted by molar-refractivity contribution is -0.0878. The molecule has 1 aliphatic rings. The molecule has 1 fully saturated rings. The summed E-state index contributed by atoms with van der Waals surface area (Å²) in [6.07, 6.45) is 1.09. The van der Waals surface area contributed by atoms with Gasteiger partial charge < -0.3 is 14.6 Å². The zero-order valence-electron chi connectivity index (χ0n) is 12.4. The number of hydrogen-bond donors (Lipinski definition) is 1. The number of morpholine rings is 1. The molecule has 0 spiro atoms. The van der Waals surface area contributed by atoms with Crippen molar-refractivity contribution in [2.45, 2.75) is 32.0 Å². The van der Waals surface area contributed by atoms with Crippen LogP contribution in [0.1, 0.15) is 18.9 Å². The molecule has 1 aliphatic heterocycles. The predicted molar refractivity (Wildman–Crippen MR) is 79.2 cm³/mol. The van der Waals surface area contributed by atoms with Crippen molar-refractivity contribution in [3.63, 3.8) is 0 Å². The Kier molecular flexibility index (Phi) is 5.83. The van der Waals surface area contributed by atoms with Gasteiger partial charge in [-0.15, -0.1) is 0 Å². The van der Waals surface area contributed by atoms with Crippen LogP contribution >= 0.6 is 0 Å². The molecule has 1 N–H and O–H groups in total. The van der Waals surface area contributed by atoms with Crippen molar-refractivity contribution >= 4 is 0 Å². The Bertz CT molecular complexity index is 408. The molecule has 4 heteroatoms. The molecule has 0 saturated carbocycles. The minimum Gasteiger partial charge on any atom is -0.496 e. The Hall–Kier alpha value is -1.10. The van der Waals surface area contributed by atoms with Crippen molar-refractivity contribution in [1.29, 1.82) is 0 Å². The molecule has 0 bridgehead atoms. The highest BCUT2D eigenvalue weighted by Crippen LogP contribution is 2.21. The molecule has 2 unspecified atom stereocenters. The van der Waals surface area contributed by atoms with Gasteiger partial charge in [0.25, 0.3) is 0 Å². The summed E-state index contributed by atoms with van der Waals surface area (Å²) < 4.78 is 11.1. The highest BCUT2D eigenvalue weighted by molar-refractivity contribution is 5.33. The van der Waals surface area contributed by atoms with Gasteiger partial charge in [0, 0.05) is 19.5 Å². The lowest BCUT2D eigenvalue weighted by Crippen LogP contribution is -2.48. The van der Waals surface area contributed by atoms with Crippen molar-refractivity contribution in [3.05, 3.63) is 29.8 Å². The van der Waals surface area contributed by atoms with Crippen LogP contribution in [0, 0.1) is 0 Å². The van der Waals surface area contributed by atoms with Crippen LogP contribution < -0.4 is 4.74 Å². The third-order valence-corrected chi connectivity index (χ3v) is 3.77.